The van der Waals surface area contributed by atoms with E-state index in [4.69, 9.17) is 0 Å². The molecule has 0 spiro atoms. The minimum atomic E-state index is -0.207. The van der Waals surface area contributed by atoms with Gasteiger partial charge in [0.1, 0.15) is 5.82 Å². The van der Waals surface area contributed by atoms with E-state index in [1.54, 1.807) is 0 Å². The Hall–Kier alpha value is -2.59. The summed E-state index contributed by atoms with van der Waals surface area (Å²) >= 11 is 0. The quantitative estimate of drug-likeness (QED) is 0.389. The number of hydrogen-bond donors (Lipinski definition) is 0. The molecule has 0 heterocycles. The normalized spacial score (nSPS) is 18.8. The highest BCUT2D eigenvalue weighted by atomic mass is 19.1. The van der Waals surface area contributed by atoms with Crippen LogP contribution in [0.3, 0.4) is 0 Å². The molecular formula is C29H31F. The van der Waals surface area contributed by atoms with Gasteiger partial charge in [0.05, 0.1) is 5.56 Å². The van der Waals surface area contributed by atoms with Crippen molar-refractivity contribution in [3.63, 3.8) is 0 Å². The van der Waals surface area contributed by atoms with Crippen LogP contribution in [0.15, 0.2) is 54.6 Å². The molecule has 1 heteroatoms. The summed E-state index contributed by atoms with van der Waals surface area (Å²) in [6, 6.07) is 18.2. The first-order chi connectivity index (χ1) is 14.6. The van der Waals surface area contributed by atoms with Gasteiger partial charge in [-0.05, 0) is 73.6 Å². The van der Waals surface area contributed by atoms with E-state index in [0.717, 1.165) is 16.9 Å². The zero-order chi connectivity index (χ0) is 20.9. The Bertz CT molecular complexity index is 1060. The zero-order valence-corrected chi connectivity index (χ0v) is 18.2. The topological polar surface area (TPSA) is 0 Å². The van der Waals surface area contributed by atoms with E-state index in [-0.39, 0.29) is 5.82 Å². The van der Waals surface area contributed by atoms with Crippen LogP contribution >= 0.6 is 0 Å². The lowest BCUT2D eigenvalue weighted by Crippen LogP contribution is -2.13. The average Bonchev–Trinajstić information content (AvgIpc) is 2.78. The molecule has 0 unspecified atom stereocenters. The van der Waals surface area contributed by atoms with Gasteiger partial charge in [-0.15, -0.1) is 0 Å². The number of fused-ring (bicyclic) bond motifs is 1. The molecule has 154 valence electrons. The van der Waals surface area contributed by atoms with Gasteiger partial charge in [0.15, 0.2) is 0 Å². The summed E-state index contributed by atoms with van der Waals surface area (Å²) in [5.41, 5.74) is 3.94. The molecule has 4 rings (SSSR count). The van der Waals surface area contributed by atoms with Crippen LogP contribution in [0.2, 0.25) is 0 Å². The first-order valence-corrected chi connectivity index (χ1v) is 11.4. The molecule has 3 aromatic rings. The van der Waals surface area contributed by atoms with Crippen LogP contribution in [-0.4, -0.2) is 0 Å². The summed E-state index contributed by atoms with van der Waals surface area (Å²) in [7, 11) is 0. The smallest absolute Gasteiger partial charge is 0.146 e. The minimum absolute atomic E-state index is 0.207. The van der Waals surface area contributed by atoms with E-state index in [0.29, 0.717) is 16.9 Å². The van der Waals surface area contributed by atoms with Gasteiger partial charge in [-0.25, -0.2) is 4.39 Å². The summed E-state index contributed by atoms with van der Waals surface area (Å²) < 4.78 is 15.1. The maximum absolute atomic E-state index is 15.1. The third kappa shape index (κ3) is 4.76. The third-order valence-electron chi connectivity index (χ3n) is 6.66. The highest BCUT2D eigenvalue weighted by Gasteiger charge is 2.22. The van der Waals surface area contributed by atoms with Crippen LogP contribution < -0.4 is 0 Å². The van der Waals surface area contributed by atoms with Crippen LogP contribution in [0.4, 0.5) is 4.39 Å². The van der Waals surface area contributed by atoms with E-state index in [1.165, 1.54) is 56.1 Å². The molecule has 0 bridgehead atoms. The van der Waals surface area contributed by atoms with Crippen molar-refractivity contribution >= 4 is 10.8 Å². The number of unbranched alkanes of at least 4 members (excludes halogenated alkanes) is 1. The van der Waals surface area contributed by atoms with Crippen molar-refractivity contribution in [2.24, 2.45) is 5.92 Å². The fourth-order valence-corrected chi connectivity index (χ4v) is 4.71. The van der Waals surface area contributed by atoms with Crippen molar-refractivity contribution in [2.75, 3.05) is 0 Å². The van der Waals surface area contributed by atoms with Gasteiger partial charge in [-0.1, -0.05) is 80.0 Å². The van der Waals surface area contributed by atoms with Gasteiger partial charge >= 0.3 is 0 Å². The van der Waals surface area contributed by atoms with E-state index in [1.807, 2.05) is 49.4 Å². The lowest BCUT2D eigenvalue weighted by atomic mass is 9.77. The molecule has 1 aliphatic carbocycles. The SMILES string of the molecule is CCCCC1CCC(c2ccc3c(F)c(C#Cc4ccc(C)cc4)ccc3c2)CC1. The van der Waals surface area contributed by atoms with Gasteiger partial charge in [-0.3, -0.25) is 0 Å². The molecule has 0 atom stereocenters. The van der Waals surface area contributed by atoms with Crippen molar-refractivity contribution in [1.29, 1.82) is 0 Å². The molecule has 0 radical (unpaired) electrons. The van der Waals surface area contributed by atoms with Gasteiger partial charge < -0.3 is 0 Å². The summed E-state index contributed by atoms with van der Waals surface area (Å²) in [6.45, 7) is 4.33. The molecule has 1 fully saturated rings. The Morgan fingerprint density at radius 3 is 2.40 bits per heavy atom. The molecule has 1 aliphatic rings. The Labute approximate surface area is 180 Å². The van der Waals surface area contributed by atoms with Crippen LogP contribution in [0.5, 0.6) is 0 Å². The molecule has 0 N–H and O–H groups in total. The summed E-state index contributed by atoms with van der Waals surface area (Å²) in [5.74, 6) is 7.43. The predicted octanol–water partition coefficient (Wildman–Crippen LogP) is 8.15. The molecular weight excluding hydrogens is 367 g/mol. The van der Waals surface area contributed by atoms with Gasteiger partial charge in [0, 0.05) is 10.9 Å². The van der Waals surface area contributed by atoms with Crippen molar-refractivity contribution in [2.45, 2.75) is 64.7 Å². The van der Waals surface area contributed by atoms with Crippen LogP contribution in [-0.2, 0) is 0 Å². The van der Waals surface area contributed by atoms with Gasteiger partial charge in [0.2, 0.25) is 0 Å². The highest BCUT2D eigenvalue weighted by molar-refractivity contribution is 5.85. The maximum Gasteiger partial charge on any atom is 0.146 e. The monoisotopic (exact) mass is 398 g/mol. The number of rotatable bonds is 4. The second kappa shape index (κ2) is 9.48. The fraction of sp³-hybridized carbons (Fsp3) is 0.379. The number of aryl methyl sites for hydroxylation is 1. The molecule has 0 saturated heterocycles. The molecule has 30 heavy (non-hydrogen) atoms. The average molecular weight is 399 g/mol. The van der Waals surface area contributed by atoms with E-state index in [2.05, 4.69) is 30.9 Å². The zero-order valence-electron chi connectivity index (χ0n) is 18.2. The molecule has 0 amide bonds. The fourth-order valence-electron chi connectivity index (χ4n) is 4.71. The molecule has 3 aromatic carbocycles. The van der Waals surface area contributed by atoms with Crippen LogP contribution in [0, 0.1) is 30.5 Å². The second-order valence-corrected chi connectivity index (χ2v) is 8.88. The first-order valence-electron chi connectivity index (χ1n) is 11.4. The van der Waals surface area contributed by atoms with Crippen molar-refractivity contribution in [3.8, 4) is 11.8 Å². The standard InChI is InChI=1S/C29H31F/c1-3-4-5-22-10-13-24(14-11-22)26-18-19-28-27(20-26)17-16-25(29(28)30)15-12-23-8-6-21(2)7-9-23/h6-9,16-20,22,24H,3-5,10-11,13-14H2,1-2H3. The summed E-state index contributed by atoms with van der Waals surface area (Å²) in [4.78, 5) is 0. The van der Waals surface area contributed by atoms with Crippen molar-refractivity contribution in [3.05, 3.63) is 82.7 Å². The molecule has 0 nitrogen and oxygen atoms in total. The third-order valence-corrected chi connectivity index (χ3v) is 6.66. The second-order valence-electron chi connectivity index (χ2n) is 8.88. The van der Waals surface area contributed by atoms with E-state index < -0.39 is 0 Å². The largest absolute Gasteiger partial charge is 0.205 e. The first kappa shape index (κ1) is 20.7. The van der Waals surface area contributed by atoms with E-state index in [9.17, 15) is 0 Å². The van der Waals surface area contributed by atoms with Gasteiger partial charge in [-0.2, -0.15) is 0 Å². The Morgan fingerprint density at radius 2 is 1.67 bits per heavy atom. The van der Waals surface area contributed by atoms with Crippen LogP contribution in [0.1, 0.15) is 80.0 Å². The highest BCUT2D eigenvalue weighted by Crippen LogP contribution is 2.38. The summed E-state index contributed by atoms with van der Waals surface area (Å²) in [5, 5.41) is 1.66. The number of benzene rings is 3. The Morgan fingerprint density at radius 1 is 0.900 bits per heavy atom. The number of halogens is 1. The molecule has 0 aromatic heterocycles. The minimum Gasteiger partial charge on any atom is -0.205 e. The summed E-state index contributed by atoms with van der Waals surface area (Å²) in [6.07, 6.45) is 9.26. The Balaban J connectivity index is 1.51. The lowest BCUT2D eigenvalue weighted by molar-refractivity contribution is 0.304. The van der Waals surface area contributed by atoms with Crippen molar-refractivity contribution in [1.82, 2.24) is 0 Å². The Kier molecular flexibility index (Phi) is 6.53. The lowest BCUT2D eigenvalue weighted by Gasteiger charge is -2.29. The van der Waals surface area contributed by atoms with Gasteiger partial charge in [0.25, 0.3) is 0 Å². The maximum atomic E-state index is 15.1. The predicted molar refractivity (Wildman–Crippen MR) is 125 cm³/mol. The number of hydrogen-bond acceptors (Lipinski definition) is 0. The molecule has 1 saturated carbocycles. The van der Waals surface area contributed by atoms with Crippen LogP contribution in [0.25, 0.3) is 10.8 Å². The van der Waals surface area contributed by atoms with E-state index >= 15 is 4.39 Å². The molecule has 0 aliphatic heterocycles. The van der Waals surface area contributed by atoms with Crippen molar-refractivity contribution < 1.29 is 4.39 Å².